The maximum Gasteiger partial charge on any atom is 0.407 e. The van der Waals surface area contributed by atoms with Crippen molar-refractivity contribution in [3.63, 3.8) is 0 Å². The summed E-state index contributed by atoms with van der Waals surface area (Å²) in [5.74, 6) is -0.777. The first-order valence-corrected chi connectivity index (χ1v) is 8.65. The van der Waals surface area contributed by atoms with Gasteiger partial charge in [-0.1, -0.05) is 6.08 Å². The molecule has 2 saturated carbocycles. The van der Waals surface area contributed by atoms with Crippen LogP contribution in [0.25, 0.3) is 4.98 Å². The van der Waals surface area contributed by atoms with Crippen LogP contribution < -0.4 is 0 Å². The van der Waals surface area contributed by atoms with Gasteiger partial charge < -0.3 is 9.84 Å². The topological polar surface area (TPSA) is 91.8 Å². The minimum Gasteiger partial charge on any atom is -0.505 e. The number of hydrogen-bond donors (Lipinski definition) is 1. The number of carbonyl (C=O) groups is 2. The van der Waals surface area contributed by atoms with Gasteiger partial charge in [0.15, 0.2) is 10.7 Å². The highest BCUT2D eigenvalue weighted by molar-refractivity contribution is 5.89. The van der Waals surface area contributed by atoms with E-state index in [2.05, 4.69) is 4.98 Å². The van der Waals surface area contributed by atoms with E-state index in [-0.39, 0.29) is 35.5 Å². The molecule has 4 bridgehead atoms. The molecule has 1 aliphatic heterocycles. The number of hydrogen-bond acceptors (Lipinski definition) is 5. The van der Waals surface area contributed by atoms with E-state index in [0.717, 1.165) is 12.0 Å². The Morgan fingerprint density at radius 2 is 2.17 bits per heavy atom. The third-order valence-corrected chi connectivity index (χ3v) is 7.27. The molecule has 5 aliphatic rings. The van der Waals surface area contributed by atoms with Crippen molar-refractivity contribution in [3.05, 3.63) is 28.1 Å². The van der Waals surface area contributed by atoms with Gasteiger partial charge >= 0.3 is 11.7 Å². The van der Waals surface area contributed by atoms with Gasteiger partial charge in [-0.15, -0.1) is 0 Å². The number of fused-ring (bicyclic) bond motifs is 1. The zero-order chi connectivity index (χ0) is 16.9. The Morgan fingerprint density at radius 1 is 1.38 bits per heavy atom. The number of allylic oxidation sites excluding steroid dienone is 2. The lowest BCUT2D eigenvalue weighted by Gasteiger charge is -2.49. The van der Waals surface area contributed by atoms with Gasteiger partial charge in [-0.25, -0.2) is 0 Å². The second-order valence-electron chi connectivity index (χ2n) is 8.30. The van der Waals surface area contributed by atoms with Crippen LogP contribution in [0.2, 0.25) is 0 Å². The average molecular weight is 327 g/mol. The number of Topliss-reactive ketones (excluding diaryl/α,β-unsaturated/α-hetero) is 1. The first-order valence-electron chi connectivity index (χ1n) is 8.65. The Balaban J connectivity index is 1.85. The molecule has 0 aromatic rings. The van der Waals surface area contributed by atoms with Crippen LogP contribution in [0.15, 0.2) is 23.1 Å². The molecule has 5 atom stereocenters. The molecule has 1 N–H and O–H groups in total. The number of diazo groups is 1. The number of aliphatic hydroxyl groups excluding tert-OH is 1. The molecule has 6 heteroatoms. The summed E-state index contributed by atoms with van der Waals surface area (Å²) in [6, 6.07) is 0. The van der Waals surface area contributed by atoms with Crippen LogP contribution >= 0.6 is 0 Å². The van der Waals surface area contributed by atoms with Gasteiger partial charge in [-0.3, -0.25) is 9.59 Å². The standard InChI is InChI=1S/C18H18N2O4/c1-16-5-2-6-18(24-15(16)23)11-4-3-9-7-17(11,8-10(9)21)14(22)12(20-19)13(16)18/h4,9,13H,2-3,5-8H2,1H3/p+1/t9-,13-,16+,17-,18-/m1/s1. The van der Waals surface area contributed by atoms with Crippen LogP contribution in [0.3, 0.4) is 0 Å². The summed E-state index contributed by atoms with van der Waals surface area (Å²) in [4.78, 5) is 28.5. The Morgan fingerprint density at radius 3 is 2.92 bits per heavy atom. The fourth-order valence-corrected chi connectivity index (χ4v) is 6.30. The fourth-order valence-electron chi connectivity index (χ4n) is 6.30. The van der Waals surface area contributed by atoms with Crippen LogP contribution in [0.4, 0.5) is 0 Å². The van der Waals surface area contributed by atoms with Crippen LogP contribution in [0.1, 0.15) is 45.4 Å². The summed E-state index contributed by atoms with van der Waals surface area (Å²) < 4.78 is 5.98. The number of rotatable bonds is 0. The molecule has 24 heavy (non-hydrogen) atoms. The molecular formula is C18H19N2O4+. The SMILES string of the molecule is C[C@@]12CCC[C@@]3(OC1=O)C1=CC[C@@H]4C[C@]1(CC4=O)C(O)=C([N+]#N)[C@H]23. The number of esters is 1. The van der Waals surface area contributed by atoms with Crippen molar-refractivity contribution in [3.8, 4) is 0 Å². The van der Waals surface area contributed by atoms with Crippen molar-refractivity contribution in [2.45, 2.75) is 51.0 Å². The van der Waals surface area contributed by atoms with Gasteiger partial charge in [0.2, 0.25) is 5.39 Å². The molecule has 1 heterocycles. The Labute approximate surface area is 139 Å². The Bertz CT molecular complexity index is 821. The molecule has 6 nitrogen and oxygen atoms in total. The van der Waals surface area contributed by atoms with E-state index in [1.807, 2.05) is 13.0 Å². The van der Waals surface area contributed by atoms with Gasteiger partial charge in [-0.05, 0) is 44.6 Å². The van der Waals surface area contributed by atoms with Gasteiger partial charge in [-0.2, -0.15) is 0 Å². The molecule has 0 aromatic heterocycles. The zero-order valence-corrected chi connectivity index (χ0v) is 13.5. The smallest absolute Gasteiger partial charge is 0.407 e. The summed E-state index contributed by atoms with van der Waals surface area (Å²) in [7, 11) is 0. The van der Waals surface area contributed by atoms with Crippen molar-refractivity contribution in [1.82, 2.24) is 0 Å². The van der Waals surface area contributed by atoms with Gasteiger partial charge in [0.05, 0.1) is 10.8 Å². The molecule has 4 aliphatic carbocycles. The van der Waals surface area contributed by atoms with E-state index < -0.39 is 22.3 Å². The largest absolute Gasteiger partial charge is 0.505 e. The third kappa shape index (κ3) is 1.22. The zero-order valence-electron chi connectivity index (χ0n) is 13.5. The number of ether oxygens (including phenoxy) is 1. The maximum atomic E-state index is 12.7. The van der Waals surface area contributed by atoms with Crippen molar-refractivity contribution in [2.24, 2.45) is 22.7 Å². The van der Waals surface area contributed by atoms with Crippen molar-refractivity contribution in [2.75, 3.05) is 0 Å². The summed E-state index contributed by atoms with van der Waals surface area (Å²) in [5.41, 5.74) is -1.48. The molecule has 3 fully saturated rings. The van der Waals surface area contributed by atoms with Crippen LogP contribution in [0.5, 0.6) is 0 Å². The summed E-state index contributed by atoms with van der Waals surface area (Å²) in [6.07, 6.45) is 5.51. The monoisotopic (exact) mass is 327 g/mol. The van der Waals surface area contributed by atoms with E-state index in [0.29, 0.717) is 25.7 Å². The molecule has 1 saturated heterocycles. The third-order valence-electron chi connectivity index (χ3n) is 7.27. The molecular weight excluding hydrogens is 308 g/mol. The molecule has 0 amide bonds. The molecule has 124 valence electrons. The fraction of sp³-hybridized carbons (Fsp3) is 0.667. The highest BCUT2D eigenvalue weighted by Crippen LogP contribution is 2.71. The number of aliphatic hydroxyl groups is 1. The second-order valence-corrected chi connectivity index (χ2v) is 8.30. The van der Waals surface area contributed by atoms with Crippen molar-refractivity contribution >= 4 is 11.8 Å². The maximum absolute atomic E-state index is 12.7. The quantitative estimate of drug-likeness (QED) is 0.419. The average Bonchev–Trinajstić information content (AvgIpc) is 2.86. The summed E-state index contributed by atoms with van der Waals surface area (Å²) in [6.45, 7) is 1.84. The number of carbonyl (C=O) groups excluding carboxylic acids is 2. The lowest BCUT2D eigenvalue weighted by atomic mass is 9.50. The van der Waals surface area contributed by atoms with Gasteiger partial charge in [0.25, 0.3) is 0 Å². The minimum atomic E-state index is -0.868. The second kappa shape index (κ2) is 3.90. The molecule has 0 aromatic carbocycles. The minimum absolute atomic E-state index is 0.0288. The van der Waals surface area contributed by atoms with E-state index >= 15 is 0 Å². The molecule has 5 rings (SSSR count). The van der Waals surface area contributed by atoms with Gasteiger partial charge in [0.1, 0.15) is 17.3 Å². The number of ketones is 1. The summed E-state index contributed by atoms with van der Waals surface area (Å²) >= 11 is 0. The number of nitrogens with zero attached hydrogens (tertiary/aromatic N) is 2. The predicted octanol–water partition coefficient (Wildman–Crippen LogP) is 3.02. The Hall–Kier alpha value is -2.16. The van der Waals surface area contributed by atoms with Crippen LogP contribution in [-0.4, -0.2) is 22.5 Å². The first kappa shape index (κ1) is 14.2. The molecule has 0 unspecified atom stereocenters. The molecule has 1 spiro atoms. The lowest BCUT2D eigenvalue weighted by Crippen LogP contribution is -2.54. The van der Waals surface area contributed by atoms with Crippen LogP contribution in [0, 0.1) is 28.1 Å². The first-order chi connectivity index (χ1) is 11.4. The van der Waals surface area contributed by atoms with Gasteiger partial charge in [0, 0.05) is 12.3 Å². The highest BCUT2D eigenvalue weighted by atomic mass is 16.6. The van der Waals surface area contributed by atoms with Crippen molar-refractivity contribution in [1.29, 1.82) is 5.39 Å². The van der Waals surface area contributed by atoms with E-state index in [1.54, 1.807) is 0 Å². The van der Waals surface area contributed by atoms with Crippen LogP contribution in [-0.2, 0) is 14.3 Å². The highest BCUT2D eigenvalue weighted by Gasteiger charge is 2.78. The van der Waals surface area contributed by atoms with Crippen molar-refractivity contribution < 1.29 is 19.4 Å². The van der Waals surface area contributed by atoms with E-state index in [9.17, 15) is 20.1 Å². The predicted molar refractivity (Wildman–Crippen MR) is 81.9 cm³/mol. The summed E-state index contributed by atoms with van der Waals surface area (Å²) in [5, 5.41) is 20.7. The lowest BCUT2D eigenvalue weighted by molar-refractivity contribution is -0.151. The normalized spacial score (nSPS) is 48.4. The Kier molecular flexibility index (Phi) is 2.31. The van der Waals surface area contributed by atoms with E-state index in [4.69, 9.17) is 4.74 Å². The molecule has 0 radical (unpaired) electrons. The van der Waals surface area contributed by atoms with E-state index in [1.165, 1.54) is 0 Å².